The van der Waals surface area contributed by atoms with E-state index in [1.54, 1.807) is 44.6 Å². The molecule has 0 aliphatic rings. The molecule has 7 nitrogen and oxygen atoms in total. The quantitative estimate of drug-likeness (QED) is 0.723. The number of aromatic nitrogens is 2. The van der Waals surface area contributed by atoms with E-state index in [4.69, 9.17) is 9.47 Å². The first-order chi connectivity index (χ1) is 13.0. The Labute approximate surface area is 156 Å². The number of methoxy groups -OCH3 is 2. The smallest absolute Gasteiger partial charge is 0.242 e. The summed E-state index contributed by atoms with van der Waals surface area (Å²) in [6.07, 6.45) is 1.23. The molecule has 0 fully saturated rings. The minimum atomic E-state index is -0.298. The molecule has 1 atom stereocenters. The van der Waals surface area contributed by atoms with Crippen LogP contribution in [0.5, 0.6) is 11.5 Å². The van der Waals surface area contributed by atoms with E-state index in [-0.39, 0.29) is 23.9 Å². The average Bonchev–Trinajstić information content (AvgIpc) is 2.69. The van der Waals surface area contributed by atoms with Gasteiger partial charge in [0, 0.05) is 10.9 Å². The number of nitrogens with one attached hydrogen (secondary N) is 1. The zero-order valence-electron chi connectivity index (χ0n) is 15.4. The number of benzene rings is 2. The predicted molar refractivity (Wildman–Crippen MR) is 102 cm³/mol. The molecule has 3 aromatic rings. The summed E-state index contributed by atoms with van der Waals surface area (Å²) in [4.78, 5) is 24.5. The summed E-state index contributed by atoms with van der Waals surface area (Å²) >= 11 is 0. The maximum atomic E-state index is 12.6. The summed E-state index contributed by atoms with van der Waals surface area (Å²) in [6.45, 7) is 1.86. The standard InChI is InChI=1S/C20H21N3O4/c1-13(16-10-14(26-2)8-9-19(16)27-3)22-20(25)12-23-17-7-5-4-6-15(17)18(24)11-21-23/h4-11,13H,12H2,1-3H3,(H,22,25)/t13-/m0/s1. The first-order valence-electron chi connectivity index (χ1n) is 8.49. The summed E-state index contributed by atoms with van der Waals surface area (Å²) < 4.78 is 12.1. The number of hydrogen-bond acceptors (Lipinski definition) is 5. The second-order valence-electron chi connectivity index (χ2n) is 6.08. The van der Waals surface area contributed by atoms with Crippen LogP contribution in [0.25, 0.3) is 10.9 Å². The zero-order valence-corrected chi connectivity index (χ0v) is 15.4. The summed E-state index contributed by atoms with van der Waals surface area (Å²) in [5.41, 5.74) is 1.26. The molecular weight excluding hydrogens is 346 g/mol. The third-order valence-electron chi connectivity index (χ3n) is 4.34. The van der Waals surface area contributed by atoms with E-state index in [1.165, 1.54) is 10.9 Å². The third-order valence-corrected chi connectivity index (χ3v) is 4.34. The van der Waals surface area contributed by atoms with Gasteiger partial charge in [0.2, 0.25) is 11.3 Å². The molecule has 1 heterocycles. The topological polar surface area (TPSA) is 82.4 Å². The van der Waals surface area contributed by atoms with Crippen molar-refractivity contribution in [3.8, 4) is 11.5 Å². The molecule has 2 aromatic carbocycles. The van der Waals surface area contributed by atoms with Crippen LogP contribution in [0.1, 0.15) is 18.5 Å². The molecule has 0 unspecified atom stereocenters. The number of ether oxygens (including phenoxy) is 2. The first kappa shape index (κ1) is 18.4. The fourth-order valence-electron chi connectivity index (χ4n) is 2.97. The molecule has 3 rings (SSSR count). The lowest BCUT2D eigenvalue weighted by molar-refractivity contribution is -0.122. The van der Waals surface area contributed by atoms with Crippen LogP contribution in [-0.2, 0) is 11.3 Å². The predicted octanol–water partition coefficient (Wildman–Crippen LogP) is 2.29. The molecule has 1 amide bonds. The maximum Gasteiger partial charge on any atom is 0.242 e. The van der Waals surface area contributed by atoms with Crippen molar-refractivity contribution in [3.63, 3.8) is 0 Å². The average molecular weight is 367 g/mol. The molecule has 0 spiro atoms. The highest BCUT2D eigenvalue weighted by Crippen LogP contribution is 2.29. The number of para-hydroxylation sites is 1. The highest BCUT2D eigenvalue weighted by Gasteiger charge is 2.16. The number of hydrogen-bond donors (Lipinski definition) is 1. The van der Waals surface area contributed by atoms with Crippen molar-refractivity contribution in [2.45, 2.75) is 19.5 Å². The Hall–Kier alpha value is -3.35. The van der Waals surface area contributed by atoms with E-state index < -0.39 is 0 Å². The van der Waals surface area contributed by atoms with Crippen molar-refractivity contribution in [1.82, 2.24) is 15.1 Å². The van der Waals surface area contributed by atoms with Gasteiger partial charge in [0.15, 0.2) is 0 Å². The Kier molecular flexibility index (Phi) is 5.40. The van der Waals surface area contributed by atoms with Crippen LogP contribution in [0.3, 0.4) is 0 Å². The van der Waals surface area contributed by atoms with Gasteiger partial charge in [0.1, 0.15) is 18.0 Å². The van der Waals surface area contributed by atoms with Crippen molar-refractivity contribution in [2.75, 3.05) is 14.2 Å². The van der Waals surface area contributed by atoms with Gasteiger partial charge in [-0.05, 0) is 37.3 Å². The molecule has 0 saturated heterocycles. The van der Waals surface area contributed by atoms with Crippen LogP contribution in [0, 0.1) is 0 Å². The second kappa shape index (κ2) is 7.90. The Morgan fingerprint density at radius 1 is 1.19 bits per heavy atom. The van der Waals surface area contributed by atoms with Gasteiger partial charge in [-0.2, -0.15) is 5.10 Å². The molecular formula is C20H21N3O4. The molecule has 140 valence electrons. The SMILES string of the molecule is COc1ccc(OC)c([C@H](C)NC(=O)Cn2ncc(=O)c3ccccc32)c1. The van der Waals surface area contributed by atoms with E-state index in [9.17, 15) is 9.59 Å². The van der Waals surface area contributed by atoms with E-state index in [0.717, 1.165) is 5.56 Å². The van der Waals surface area contributed by atoms with E-state index in [0.29, 0.717) is 22.4 Å². The Bertz CT molecular complexity index is 1030. The maximum absolute atomic E-state index is 12.6. The van der Waals surface area contributed by atoms with Gasteiger partial charge in [-0.15, -0.1) is 0 Å². The van der Waals surface area contributed by atoms with Gasteiger partial charge in [-0.1, -0.05) is 12.1 Å². The summed E-state index contributed by atoms with van der Waals surface area (Å²) in [5.74, 6) is 1.11. The molecule has 0 aliphatic heterocycles. The number of carbonyl (C=O) groups is 1. The molecule has 1 N–H and O–H groups in total. The molecule has 0 aliphatic carbocycles. The van der Waals surface area contributed by atoms with Crippen molar-refractivity contribution in [3.05, 3.63) is 64.4 Å². The summed E-state index contributed by atoms with van der Waals surface area (Å²) in [7, 11) is 3.16. The van der Waals surface area contributed by atoms with Crippen molar-refractivity contribution < 1.29 is 14.3 Å². The van der Waals surface area contributed by atoms with Crippen LogP contribution in [0.2, 0.25) is 0 Å². The lowest BCUT2D eigenvalue weighted by atomic mass is 10.1. The number of fused-ring (bicyclic) bond motifs is 1. The van der Waals surface area contributed by atoms with Crippen LogP contribution >= 0.6 is 0 Å². The van der Waals surface area contributed by atoms with Gasteiger partial charge < -0.3 is 14.8 Å². The third kappa shape index (κ3) is 3.92. The van der Waals surface area contributed by atoms with Gasteiger partial charge in [0.25, 0.3) is 0 Å². The normalized spacial score (nSPS) is 11.8. The van der Waals surface area contributed by atoms with Crippen molar-refractivity contribution in [2.24, 2.45) is 0 Å². The minimum absolute atomic E-state index is 0.00256. The van der Waals surface area contributed by atoms with E-state index in [1.807, 2.05) is 19.1 Å². The number of rotatable bonds is 6. The fraction of sp³-hybridized carbons (Fsp3) is 0.250. The molecule has 1 aromatic heterocycles. The van der Waals surface area contributed by atoms with Crippen LogP contribution in [0.15, 0.2) is 53.5 Å². The second-order valence-corrected chi connectivity index (χ2v) is 6.08. The van der Waals surface area contributed by atoms with Crippen LogP contribution in [0.4, 0.5) is 0 Å². The van der Waals surface area contributed by atoms with Gasteiger partial charge in [0.05, 0.1) is 32.0 Å². The number of amides is 1. The largest absolute Gasteiger partial charge is 0.497 e. The first-order valence-corrected chi connectivity index (χ1v) is 8.49. The van der Waals surface area contributed by atoms with Gasteiger partial charge >= 0.3 is 0 Å². The Balaban J connectivity index is 1.81. The highest BCUT2D eigenvalue weighted by molar-refractivity contribution is 5.81. The number of nitrogens with zero attached hydrogens (tertiary/aromatic N) is 2. The molecule has 27 heavy (non-hydrogen) atoms. The molecule has 7 heteroatoms. The lowest BCUT2D eigenvalue weighted by Gasteiger charge is -2.19. The Morgan fingerprint density at radius 3 is 2.70 bits per heavy atom. The number of carbonyl (C=O) groups excluding carboxylic acids is 1. The highest BCUT2D eigenvalue weighted by atomic mass is 16.5. The van der Waals surface area contributed by atoms with Gasteiger partial charge in [-0.3, -0.25) is 14.3 Å². The monoisotopic (exact) mass is 367 g/mol. The van der Waals surface area contributed by atoms with Crippen LogP contribution < -0.4 is 20.2 Å². The lowest BCUT2D eigenvalue weighted by Crippen LogP contribution is -2.31. The van der Waals surface area contributed by atoms with Gasteiger partial charge in [-0.25, -0.2) is 0 Å². The minimum Gasteiger partial charge on any atom is -0.497 e. The molecule has 0 saturated carbocycles. The van der Waals surface area contributed by atoms with E-state index >= 15 is 0 Å². The van der Waals surface area contributed by atoms with Crippen LogP contribution in [-0.4, -0.2) is 29.9 Å². The van der Waals surface area contributed by atoms with Crippen molar-refractivity contribution >= 4 is 16.8 Å². The van der Waals surface area contributed by atoms with E-state index in [2.05, 4.69) is 10.4 Å². The fourth-order valence-corrected chi connectivity index (χ4v) is 2.97. The Morgan fingerprint density at radius 2 is 1.96 bits per heavy atom. The van der Waals surface area contributed by atoms with Crippen molar-refractivity contribution in [1.29, 1.82) is 0 Å². The summed E-state index contributed by atoms with van der Waals surface area (Å²) in [6, 6.07) is 12.2. The molecule has 0 bridgehead atoms. The zero-order chi connectivity index (χ0) is 19.4. The molecule has 0 radical (unpaired) electrons. The summed E-state index contributed by atoms with van der Waals surface area (Å²) in [5, 5.41) is 7.55.